The van der Waals surface area contributed by atoms with Gasteiger partial charge in [-0.3, -0.25) is 19.4 Å². The Bertz CT molecular complexity index is 1020. The van der Waals surface area contributed by atoms with Crippen molar-refractivity contribution in [1.29, 1.82) is 0 Å². The average molecular weight is 443 g/mol. The normalized spacial score (nSPS) is 15.4. The van der Waals surface area contributed by atoms with Gasteiger partial charge in [0.2, 0.25) is 5.91 Å². The molecule has 1 fully saturated rings. The molecule has 1 aliphatic heterocycles. The number of anilines is 1. The molecule has 0 saturated carbocycles. The first-order valence-corrected chi connectivity index (χ1v) is 11.4. The average Bonchev–Trinajstić information content (AvgIpc) is 3.39. The lowest BCUT2D eigenvalue weighted by Crippen LogP contribution is -2.43. The standard InChI is InChI=1S/C21H26N6OS2/c1-25-10-12-26(13-11-25)15-16-4-6-17(7-5-16)22-19(28)8-9-27-20(23-24-21(27)29)18-3-2-14-30-18/h2-7,14H,8-13,15H2,1H3,(H,22,28)(H,24,29). The van der Waals surface area contributed by atoms with E-state index in [4.69, 9.17) is 12.2 Å². The van der Waals surface area contributed by atoms with E-state index in [0.717, 1.165) is 49.1 Å². The topological polar surface area (TPSA) is 69.2 Å². The van der Waals surface area contributed by atoms with E-state index in [-0.39, 0.29) is 5.91 Å². The molecule has 0 bridgehead atoms. The van der Waals surface area contributed by atoms with Gasteiger partial charge in [-0.15, -0.1) is 11.3 Å². The summed E-state index contributed by atoms with van der Waals surface area (Å²) in [7, 11) is 2.17. The molecule has 3 heterocycles. The van der Waals surface area contributed by atoms with Gasteiger partial charge in [0, 0.05) is 51.4 Å². The minimum absolute atomic E-state index is 0.0398. The van der Waals surface area contributed by atoms with Crippen LogP contribution in [0, 0.1) is 4.77 Å². The van der Waals surface area contributed by atoms with Crippen molar-refractivity contribution in [2.75, 3.05) is 38.5 Å². The third-order valence-corrected chi connectivity index (χ3v) is 6.48. The highest BCUT2D eigenvalue weighted by Crippen LogP contribution is 2.23. The highest BCUT2D eigenvalue weighted by atomic mass is 32.1. The van der Waals surface area contributed by atoms with Crippen LogP contribution in [0.15, 0.2) is 41.8 Å². The van der Waals surface area contributed by atoms with E-state index in [9.17, 15) is 4.79 Å². The first-order chi connectivity index (χ1) is 14.6. The molecule has 30 heavy (non-hydrogen) atoms. The predicted molar refractivity (Wildman–Crippen MR) is 123 cm³/mol. The molecule has 0 radical (unpaired) electrons. The lowest BCUT2D eigenvalue weighted by Gasteiger charge is -2.32. The minimum Gasteiger partial charge on any atom is -0.326 e. The summed E-state index contributed by atoms with van der Waals surface area (Å²) >= 11 is 6.93. The molecule has 3 aromatic rings. The quantitative estimate of drug-likeness (QED) is 0.549. The van der Waals surface area contributed by atoms with Crippen molar-refractivity contribution in [3.8, 4) is 10.7 Å². The maximum Gasteiger partial charge on any atom is 0.226 e. The van der Waals surface area contributed by atoms with Gasteiger partial charge in [-0.1, -0.05) is 18.2 Å². The molecule has 0 unspecified atom stereocenters. The largest absolute Gasteiger partial charge is 0.326 e. The Morgan fingerprint density at radius 1 is 1.20 bits per heavy atom. The molecule has 1 aromatic carbocycles. The molecule has 1 amide bonds. The number of carbonyl (C=O) groups excluding carboxylic acids is 1. The van der Waals surface area contributed by atoms with E-state index in [1.54, 1.807) is 11.3 Å². The number of amides is 1. The van der Waals surface area contributed by atoms with E-state index in [1.807, 2.05) is 34.2 Å². The Kier molecular flexibility index (Phi) is 6.73. The monoisotopic (exact) mass is 442 g/mol. The number of hydrogen-bond donors (Lipinski definition) is 2. The molecule has 2 N–H and O–H groups in total. The highest BCUT2D eigenvalue weighted by molar-refractivity contribution is 7.71. The third-order valence-electron chi connectivity index (χ3n) is 5.30. The van der Waals surface area contributed by atoms with E-state index in [0.29, 0.717) is 17.7 Å². The second-order valence-electron chi connectivity index (χ2n) is 7.56. The predicted octanol–water partition coefficient (Wildman–Crippen LogP) is 3.45. The number of benzene rings is 1. The molecule has 9 heteroatoms. The fourth-order valence-electron chi connectivity index (χ4n) is 3.51. The first-order valence-electron chi connectivity index (χ1n) is 10.1. The van der Waals surface area contributed by atoms with Crippen LogP contribution >= 0.6 is 23.6 Å². The molecule has 158 valence electrons. The van der Waals surface area contributed by atoms with Crippen LogP contribution in [0.2, 0.25) is 0 Å². The zero-order valence-corrected chi connectivity index (χ0v) is 18.6. The number of likely N-dealkylation sites (N-methyl/N-ethyl adjacent to an activating group) is 1. The summed E-state index contributed by atoms with van der Waals surface area (Å²) in [4.78, 5) is 18.3. The number of thiophene rings is 1. The van der Waals surface area contributed by atoms with E-state index >= 15 is 0 Å². The number of carbonyl (C=O) groups is 1. The molecule has 4 rings (SSSR count). The molecular weight excluding hydrogens is 416 g/mol. The summed E-state index contributed by atoms with van der Waals surface area (Å²) in [5.41, 5.74) is 2.08. The Hall–Kier alpha value is -2.33. The molecule has 1 saturated heterocycles. The fraction of sp³-hybridized carbons (Fsp3) is 0.381. The van der Waals surface area contributed by atoms with Crippen molar-refractivity contribution in [1.82, 2.24) is 24.6 Å². The maximum absolute atomic E-state index is 12.4. The van der Waals surface area contributed by atoms with Gasteiger partial charge in [0.05, 0.1) is 4.88 Å². The van der Waals surface area contributed by atoms with Crippen molar-refractivity contribution in [2.45, 2.75) is 19.5 Å². The van der Waals surface area contributed by atoms with Crippen molar-refractivity contribution < 1.29 is 4.79 Å². The van der Waals surface area contributed by atoms with Gasteiger partial charge in [-0.05, 0) is 48.4 Å². The highest BCUT2D eigenvalue weighted by Gasteiger charge is 2.14. The van der Waals surface area contributed by atoms with Crippen LogP contribution in [0.5, 0.6) is 0 Å². The van der Waals surface area contributed by atoms with E-state index in [1.165, 1.54) is 5.56 Å². The summed E-state index contributed by atoms with van der Waals surface area (Å²) in [6.07, 6.45) is 0.329. The lowest BCUT2D eigenvalue weighted by molar-refractivity contribution is -0.116. The number of piperazine rings is 1. The second kappa shape index (κ2) is 9.65. The van der Waals surface area contributed by atoms with Crippen LogP contribution in [-0.2, 0) is 17.9 Å². The van der Waals surface area contributed by atoms with Crippen LogP contribution in [0.25, 0.3) is 10.7 Å². The molecule has 0 spiro atoms. The van der Waals surface area contributed by atoms with Gasteiger partial charge < -0.3 is 10.2 Å². The minimum atomic E-state index is -0.0398. The van der Waals surface area contributed by atoms with E-state index < -0.39 is 0 Å². The number of aromatic nitrogens is 3. The van der Waals surface area contributed by atoms with Crippen molar-refractivity contribution >= 4 is 35.1 Å². The molecule has 0 atom stereocenters. The van der Waals surface area contributed by atoms with Crippen LogP contribution in [0.1, 0.15) is 12.0 Å². The van der Waals surface area contributed by atoms with Crippen molar-refractivity contribution in [3.05, 3.63) is 52.1 Å². The van der Waals surface area contributed by atoms with Gasteiger partial charge in [-0.25, -0.2) is 0 Å². The van der Waals surface area contributed by atoms with Crippen LogP contribution in [-0.4, -0.2) is 63.7 Å². The van der Waals surface area contributed by atoms with Crippen LogP contribution in [0.4, 0.5) is 5.69 Å². The summed E-state index contributed by atoms with van der Waals surface area (Å²) in [5.74, 6) is 0.734. The van der Waals surface area contributed by atoms with Crippen molar-refractivity contribution in [3.63, 3.8) is 0 Å². The number of H-pyrrole nitrogens is 1. The number of nitrogens with one attached hydrogen (secondary N) is 2. The third kappa shape index (κ3) is 5.23. The Morgan fingerprint density at radius 3 is 2.67 bits per heavy atom. The lowest BCUT2D eigenvalue weighted by atomic mass is 10.1. The Labute approximate surface area is 185 Å². The summed E-state index contributed by atoms with van der Waals surface area (Å²) in [6, 6.07) is 12.1. The Morgan fingerprint density at radius 2 is 1.97 bits per heavy atom. The smallest absolute Gasteiger partial charge is 0.226 e. The molecule has 7 nitrogen and oxygen atoms in total. The number of aromatic amines is 1. The zero-order valence-electron chi connectivity index (χ0n) is 17.0. The Balaban J connectivity index is 1.30. The van der Waals surface area contributed by atoms with Crippen molar-refractivity contribution in [2.24, 2.45) is 0 Å². The second-order valence-corrected chi connectivity index (χ2v) is 8.89. The number of rotatable bonds is 7. The van der Waals surface area contributed by atoms with Gasteiger partial charge in [0.25, 0.3) is 0 Å². The van der Waals surface area contributed by atoms with E-state index in [2.05, 4.69) is 44.5 Å². The zero-order chi connectivity index (χ0) is 20.9. The van der Waals surface area contributed by atoms with Gasteiger partial charge in [-0.2, -0.15) is 5.10 Å². The summed E-state index contributed by atoms with van der Waals surface area (Å²) in [5, 5.41) is 12.1. The van der Waals surface area contributed by atoms with Crippen LogP contribution < -0.4 is 5.32 Å². The molecular formula is C21H26N6OS2. The molecule has 0 aliphatic carbocycles. The summed E-state index contributed by atoms with van der Waals surface area (Å²) < 4.78 is 2.40. The number of hydrogen-bond acceptors (Lipinski definition) is 6. The van der Waals surface area contributed by atoms with Crippen LogP contribution in [0.3, 0.4) is 0 Å². The number of nitrogens with zero attached hydrogens (tertiary/aromatic N) is 4. The van der Waals surface area contributed by atoms with Gasteiger partial charge >= 0.3 is 0 Å². The maximum atomic E-state index is 12.4. The molecule has 1 aliphatic rings. The van der Waals surface area contributed by atoms with Gasteiger partial charge in [0.1, 0.15) is 0 Å². The SMILES string of the molecule is CN1CCN(Cc2ccc(NC(=O)CCn3c(-c4cccs4)n[nH]c3=S)cc2)CC1. The fourth-order valence-corrected chi connectivity index (χ4v) is 4.46. The van der Waals surface area contributed by atoms with Gasteiger partial charge in [0.15, 0.2) is 10.6 Å². The molecule has 2 aromatic heterocycles. The first kappa shape index (κ1) is 20.9. The summed E-state index contributed by atoms with van der Waals surface area (Å²) in [6.45, 7) is 5.85.